The number of halogens is 1. The van der Waals surface area contributed by atoms with E-state index in [9.17, 15) is 0 Å². The smallest absolute Gasteiger partial charge is 0.252 e. The van der Waals surface area contributed by atoms with Gasteiger partial charge in [0.1, 0.15) is 0 Å². The van der Waals surface area contributed by atoms with E-state index in [1.165, 1.54) is 92.6 Å². The molecule has 0 spiro atoms. The van der Waals surface area contributed by atoms with Gasteiger partial charge in [0.25, 0.3) is 6.71 Å². The molecule has 0 saturated heterocycles. The van der Waals surface area contributed by atoms with Crippen molar-refractivity contribution in [2.45, 2.75) is 0 Å². The number of hydrogen-bond acceptors (Lipinski definition) is 2. The Balaban J connectivity index is 0.978. The number of anilines is 6. The summed E-state index contributed by atoms with van der Waals surface area (Å²) in [6.07, 6.45) is 0. The fourth-order valence-electron chi connectivity index (χ4n) is 15.0. The monoisotopic (exact) mass is 1080 g/mol. The van der Waals surface area contributed by atoms with Crippen molar-refractivity contribution >= 4 is 145 Å². The Bertz CT molecular complexity index is 5120. The van der Waals surface area contributed by atoms with E-state index in [1.54, 1.807) is 0 Å². The van der Waals surface area contributed by atoms with Crippen LogP contribution in [0.3, 0.4) is 0 Å². The van der Waals surface area contributed by atoms with Crippen molar-refractivity contribution in [2.24, 2.45) is 0 Å². The van der Waals surface area contributed by atoms with Gasteiger partial charge in [0.15, 0.2) is 0 Å². The molecule has 17 aromatic rings. The van der Waals surface area contributed by atoms with Crippen LogP contribution in [0.25, 0.3) is 121 Å². The third kappa shape index (κ3) is 6.39. The predicted octanol–water partition coefficient (Wildman–Crippen LogP) is 19.4. The number of hydrogen-bond donors (Lipinski definition) is 0. The summed E-state index contributed by atoms with van der Waals surface area (Å²) in [5, 5.41) is 10.7. The lowest BCUT2D eigenvalue weighted by molar-refractivity contribution is 1.25. The van der Waals surface area contributed by atoms with E-state index in [2.05, 4.69) is 298 Å². The van der Waals surface area contributed by atoms with E-state index in [0.717, 1.165) is 78.6 Å². The molecule has 0 aliphatic carbocycles. The first kappa shape index (κ1) is 46.1. The Kier molecular flexibility index (Phi) is 9.45. The second-order valence-electron chi connectivity index (χ2n) is 22.9. The van der Waals surface area contributed by atoms with Crippen molar-refractivity contribution in [3.05, 3.63) is 284 Å². The fourth-order valence-corrected chi connectivity index (χ4v) is 15.2. The normalized spacial score (nSPS) is 13.0. The lowest BCUT2D eigenvalue weighted by Gasteiger charge is -2.44. The summed E-state index contributed by atoms with van der Waals surface area (Å²) >= 11 is 7.86. The molecule has 388 valence electrons. The van der Waals surface area contributed by atoms with Gasteiger partial charge in [-0.15, -0.1) is 0 Å². The lowest BCUT2D eigenvalue weighted by Crippen LogP contribution is -2.61. The van der Waals surface area contributed by atoms with Crippen LogP contribution >= 0.6 is 11.6 Å². The molecule has 0 unspecified atom stereocenters. The number of rotatable bonds is 6. The largest absolute Gasteiger partial charge is 0.311 e. The molecular formula is C78H46BClN4. The maximum Gasteiger partial charge on any atom is 0.252 e. The Morgan fingerprint density at radius 3 is 0.964 bits per heavy atom. The maximum atomic E-state index is 7.86. The summed E-state index contributed by atoms with van der Waals surface area (Å²) in [4.78, 5) is 5.10. The summed E-state index contributed by atoms with van der Waals surface area (Å²) in [6.45, 7) is -0.205. The van der Waals surface area contributed by atoms with Crippen LogP contribution in [-0.2, 0) is 0 Å². The zero-order valence-corrected chi connectivity index (χ0v) is 46.1. The number of para-hydroxylation sites is 4. The average Bonchev–Trinajstić information content (AvgIpc) is 1.33. The Morgan fingerprint density at radius 1 is 0.250 bits per heavy atom. The average molecular weight is 1090 g/mol. The van der Waals surface area contributed by atoms with Crippen LogP contribution in [-0.4, -0.2) is 15.5 Å². The van der Waals surface area contributed by atoms with E-state index in [-0.39, 0.29) is 6.71 Å². The first-order chi connectivity index (χ1) is 41.6. The van der Waals surface area contributed by atoms with Crippen LogP contribution in [0.1, 0.15) is 0 Å². The molecule has 13 aromatic carbocycles. The van der Waals surface area contributed by atoms with Gasteiger partial charge in [0.2, 0.25) is 0 Å². The van der Waals surface area contributed by atoms with Crippen molar-refractivity contribution in [2.75, 3.05) is 9.80 Å². The minimum absolute atomic E-state index is 0.205. The van der Waals surface area contributed by atoms with Crippen molar-refractivity contribution < 1.29 is 0 Å². The van der Waals surface area contributed by atoms with Crippen LogP contribution in [0.15, 0.2) is 279 Å². The molecular weight excluding hydrogens is 1040 g/mol. The van der Waals surface area contributed by atoms with Gasteiger partial charge < -0.3 is 18.6 Å². The number of nitrogens with zero attached hydrogens (tertiary/aromatic N) is 4. The molecule has 0 atom stereocenters. The number of fused-ring (bicyclic) bond motifs is 16. The maximum absolute atomic E-state index is 7.86. The minimum atomic E-state index is -0.205. The van der Waals surface area contributed by atoms with Gasteiger partial charge >= 0.3 is 0 Å². The summed E-state index contributed by atoms with van der Waals surface area (Å²) in [5.74, 6) is 0. The fraction of sp³-hybridized carbons (Fsp3) is 0. The van der Waals surface area contributed by atoms with Gasteiger partial charge in [-0.1, -0.05) is 218 Å². The first-order valence-corrected chi connectivity index (χ1v) is 29.3. The van der Waals surface area contributed by atoms with Crippen LogP contribution in [0, 0.1) is 0 Å². The summed E-state index contributed by atoms with van der Waals surface area (Å²) in [6, 6.07) is 104. The molecule has 19 rings (SSSR count). The first-order valence-electron chi connectivity index (χ1n) is 29.0. The third-order valence-electron chi connectivity index (χ3n) is 18.5. The van der Waals surface area contributed by atoms with E-state index in [4.69, 9.17) is 11.6 Å². The lowest BCUT2D eigenvalue weighted by atomic mass is 9.33. The SMILES string of the molecule is Clc1cc2c3c(c1)N(c1cc(-c4ccccc4)cc(-c4ccccc4)c1)c1cc4c(cc1B3c1cc3c5cccc6c7ccccc7n(c3cc1N2c1cc(-c2ccccc2)cc(-c2ccccc2)c1)c65)c1cccc2c3ccccc3n4c21. The van der Waals surface area contributed by atoms with Crippen LogP contribution in [0.2, 0.25) is 5.02 Å². The molecule has 84 heavy (non-hydrogen) atoms. The predicted molar refractivity (Wildman–Crippen MR) is 357 cm³/mol. The molecule has 0 bridgehead atoms. The Morgan fingerprint density at radius 2 is 0.583 bits per heavy atom. The van der Waals surface area contributed by atoms with Gasteiger partial charge in [-0.25, -0.2) is 0 Å². The molecule has 4 aromatic heterocycles. The number of aromatic nitrogens is 2. The highest BCUT2D eigenvalue weighted by Crippen LogP contribution is 2.51. The third-order valence-corrected chi connectivity index (χ3v) is 18.7. The van der Waals surface area contributed by atoms with Gasteiger partial charge in [0.05, 0.1) is 33.1 Å². The Labute approximate surface area is 489 Å². The highest BCUT2D eigenvalue weighted by molar-refractivity contribution is 7.00. The van der Waals surface area contributed by atoms with Crippen LogP contribution in [0.5, 0.6) is 0 Å². The topological polar surface area (TPSA) is 15.3 Å². The van der Waals surface area contributed by atoms with Gasteiger partial charge in [-0.05, 0) is 134 Å². The number of benzene rings is 13. The minimum Gasteiger partial charge on any atom is -0.311 e. The van der Waals surface area contributed by atoms with Crippen LogP contribution < -0.4 is 26.2 Å². The molecule has 0 saturated carbocycles. The molecule has 6 heteroatoms. The van der Waals surface area contributed by atoms with Crippen molar-refractivity contribution in [1.82, 2.24) is 8.80 Å². The van der Waals surface area contributed by atoms with E-state index >= 15 is 0 Å². The molecule has 4 nitrogen and oxygen atoms in total. The van der Waals surface area contributed by atoms with Gasteiger partial charge in [0, 0.05) is 82.2 Å². The highest BCUT2D eigenvalue weighted by Gasteiger charge is 2.45. The Hall–Kier alpha value is -10.6. The van der Waals surface area contributed by atoms with Crippen LogP contribution in [0.4, 0.5) is 34.1 Å². The van der Waals surface area contributed by atoms with E-state index in [1.807, 2.05) is 0 Å². The highest BCUT2D eigenvalue weighted by atomic mass is 35.5. The van der Waals surface area contributed by atoms with Crippen molar-refractivity contribution in [1.29, 1.82) is 0 Å². The van der Waals surface area contributed by atoms with E-state index < -0.39 is 0 Å². The zero-order chi connectivity index (χ0) is 54.9. The second-order valence-corrected chi connectivity index (χ2v) is 23.4. The summed E-state index contributed by atoms with van der Waals surface area (Å²) in [7, 11) is 0. The molecule has 2 aliphatic heterocycles. The molecule has 0 fully saturated rings. The zero-order valence-electron chi connectivity index (χ0n) is 45.3. The summed E-state index contributed by atoms with van der Waals surface area (Å²) < 4.78 is 5.05. The standard InChI is InChI=1S/C78H46BClN4/c80-55-41-74-76-75(42-55)82(57-39-53(49-23-9-3-10-24-49)36-54(40-57)50-25-11-4-12-26-50)73-46-71-65(63-32-18-30-61-59-28-14-16-34-69(59)84(71)78(61)63)44-67(73)79(76)66-43-64-62-31-17-29-60-58-27-13-15-33-68(58)83(77(60)62)70(64)45-72(66)81(74)56-37-51(47-19-5-1-6-20-47)35-52(38-56)48-21-7-2-8-22-48/h1-46H. The van der Waals surface area contributed by atoms with Gasteiger partial charge in [-0.3, -0.25) is 0 Å². The van der Waals surface area contributed by atoms with E-state index in [0.29, 0.717) is 5.02 Å². The molecule has 0 N–H and O–H groups in total. The molecule has 0 amide bonds. The quantitative estimate of drug-likeness (QED) is 0.154. The van der Waals surface area contributed by atoms with Gasteiger partial charge in [-0.2, -0.15) is 0 Å². The summed E-state index contributed by atoms with van der Waals surface area (Å²) in [5.41, 5.74) is 26.6. The molecule has 2 aliphatic rings. The van der Waals surface area contributed by atoms with Crippen molar-refractivity contribution in [3.63, 3.8) is 0 Å². The second kappa shape index (κ2) is 17.2. The molecule has 6 heterocycles. The van der Waals surface area contributed by atoms with Crippen molar-refractivity contribution in [3.8, 4) is 44.5 Å². The molecule has 0 radical (unpaired) electrons.